The van der Waals surface area contributed by atoms with Crippen LogP contribution in [-0.2, 0) is 0 Å². The molecule has 0 radical (unpaired) electrons. The number of rotatable bonds is 6. The summed E-state index contributed by atoms with van der Waals surface area (Å²) in [5.41, 5.74) is 6.74. The van der Waals surface area contributed by atoms with Gasteiger partial charge in [-0.15, -0.1) is 0 Å². The molecule has 0 spiro atoms. The van der Waals surface area contributed by atoms with E-state index in [1.165, 1.54) is 25.7 Å². The van der Waals surface area contributed by atoms with Crippen LogP contribution in [0.25, 0.3) is 0 Å². The van der Waals surface area contributed by atoms with Crippen LogP contribution in [0.5, 0.6) is 5.75 Å². The third-order valence-corrected chi connectivity index (χ3v) is 4.20. The zero-order valence-electron chi connectivity index (χ0n) is 12.9. The first-order valence-corrected chi connectivity index (χ1v) is 7.54. The summed E-state index contributed by atoms with van der Waals surface area (Å²) >= 11 is 0. The molecule has 0 aromatic heterocycles. The van der Waals surface area contributed by atoms with E-state index in [2.05, 4.69) is 17.3 Å². The van der Waals surface area contributed by atoms with Crippen LogP contribution in [0.3, 0.4) is 0 Å². The molecule has 0 atom stereocenters. The summed E-state index contributed by atoms with van der Waals surface area (Å²) in [7, 11) is 3.67. The van der Waals surface area contributed by atoms with Gasteiger partial charge in [0.2, 0.25) is 0 Å². The van der Waals surface area contributed by atoms with Crippen LogP contribution in [0, 0.1) is 0 Å². The number of ether oxygens (including phenoxy) is 1. The molecule has 5 nitrogen and oxygen atoms in total. The summed E-state index contributed by atoms with van der Waals surface area (Å²) in [6.45, 7) is 1.47. The number of hydrogen-bond donors (Lipinski definition) is 2. The van der Waals surface area contributed by atoms with Gasteiger partial charge in [-0.1, -0.05) is 18.9 Å². The van der Waals surface area contributed by atoms with Crippen LogP contribution in [0.2, 0.25) is 0 Å². The van der Waals surface area contributed by atoms with Gasteiger partial charge in [0.15, 0.2) is 0 Å². The fourth-order valence-electron chi connectivity index (χ4n) is 2.92. The molecule has 0 saturated heterocycles. The number of methoxy groups -OCH3 is 1. The Balaban J connectivity index is 1.87. The predicted octanol–water partition coefficient (Wildman–Crippen LogP) is 1.88. The summed E-state index contributed by atoms with van der Waals surface area (Å²) < 4.78 is 5.20. The van der Waals surface area contributed by atoms with Crippen molar-refractivity contribution >= 4 is 11.6 Å². The number of nitrogen functional groups attached to an aromatic ring is 1. The average molecular weight is 291 g/mol. The third kappa shape index (κ3) is 3.88. The first-order chi connectivity index (χ1) is 10.1. The zero-order valence-corrected chi connectivity index (χ0v) is 12.9. The van der Waals surface area contributed by atoms with Crippen molar-refractivity contribution in [3.05, 3.63) is 23.8 Å². The number of hydrogen-bond acceptors (Lipinski definition) is 4. The number of nitrogens with one attached hydrogen (secondary N) is 1. The molecule has 1 aromatic carbocycles. The summed E-state index contributed by atoms with van der Waals surface area (Å²) in [4.78, 5) is 14.6. The summed E-state index contributed by atoms with van der Waals surface area (Å²) in [6.07, 6.45) is 5.17. The molecular formula is C16H25N3O2. The van der Waals surface area contributed by atoms with Crippen molar-refractivity contribution in [2.75, 3.05) is 33.0 Å². The van der Waals surface area contributed by atoms with Crippen LogP contribution >= 0.6 is 0 Å². The van der Waals surface area contributed by atoms with Crippen LogP contribution in [-0.4, -0.2) is 44.1 Å². The summed E-state index contributed by atoms with van der Waals surface area (Å²) in [5.74, 6) is 0.335. The largest absolute Gasteiger partial charge is 0.496 e. The molecule has 3 N–H and O–H groups in total. The highest BCUT2D eigenvalue weighted by molar-refractivity contribution is 6.01. The highest BCUT2D eigenvalue weighted by Gasteiger charge is 2.20. The maximum atomic E-state index is 12.3. The number of nitrogens with two attached hydrogens (primary N) is 1. The third-order valence-electron chi connectivity index (χ3n) is 4.20. The molecule has 21 heavy (non-hydrogen) atoms. The van der Waals surface area contributed by atoms with E-state index in [0.717, 1.165) is 6.54 Å². The zero-order chi connectivity index (χ0) is 15.2. The molecule has 0 bridgehead atoms. The van der Waals surface area contributed by atoms with Crippen molar-refractivity contribution in [1.29, 1.82) is 0 Å². The van der Waals surface area contributed by atoms with Crippen LogP contribution < -0.4 is 15.8 Å². The lowest BCUT2D eigenvalue weighted by Gasteiger charge is -2.24. The maximum Gasteiger partial charge on any atom is 0.257 e. The smallest absolute Gasteiger partial charge is 0.257 e. The fraction of sp³-hybridized carbons (Fsp3) is 0.562. The highest BCUT2D eigenvalue weighted by Crippen LogP contribution is 2.24. The van der Waals surface area contributed by atoms with E-state index in [4.69, 9.17) is 10.5 Å². The highest BCUT2D eigenvalue weighted by atomic mass is 16.5. The van der Waals surface area contributed by atoms with Gasteiger partial charge in [0.25, 0.3) is 5.91 Å². The number of amides is 1. The lowest BCUT2D eigenvalue weighted by atomic mass is 10.1. The molecule has 1 amide bonds. The lowest BCUT2D eigenvalue weighted by molar-refractivity contribution is 0.0945. The molecule has 1 aliphatic rings. The van der Waals surface area contributed by atoms with E-state index < -0.39 is 0 Å². The topological polar surface area (TPSA) is 67.6 Å². The summed E-state index contributed by atoms with van der Waals surface area (Å²) in [5, 5.41) is 2.93. The number of anilines is 1. The first kappa shape index (κ1) is 15.6. The first-order valence-electron chi connectivity index (χ1n) is 7.54. The number of likely N-dealkylation sites (N-methyl/N-ethyl adjacent to an activating group) is 1. The Morgan fingerprint density at radius 2 is 2.14 bits per heavy atom. The molecule has 1 aliphatic carbocycles. The minimum Gasteiger partial charge on any atom is -0.496 e. The fourth-order valence-corrected chi connectivity index (χ4v) is 2.92. The van der Waals surface area contributed by atoms with Gasteiger partial charge in [-0.2, -0.15) is 0 Å². The molecule has 2 rings (SSSR count). The molecule has 1 saturated carbocycles. The molecule has 116 valence electrons. The van der Waals surface area contributed by atoms with Crippen molar-refractivity contribution in [3.63, 3.8) is 0 Å². The Morgan fingerprint density at radius 3 is 2.81 bits per heavy atom. The minimum absolute atomic E-state index is 0.176. The SMILES string of the molecule is COc1cccc(N)c1C(=O)NCCN(C)C1CCCC1. The van der Waals surface area contributed by atoms with Crippen molar-refractivity contribution in [1.82, 2.24) is 10.2 Å². The second-order valence-corrected chi connectivity index (χ2v) is 5.60. The standard InChI is InChI=1S/C16H25N3O2/c1-19(12-6-3-4-7-12)11-10-18-16(20)15-13(17)8-5-9-14(15)21-2/h5,8-9,12H,3-4,6-7,10-11,17H2,1-2H3,(H,18,20). The number of nitrogens with zero attached hydrogens (tertiary/aromatic N) is 1. The molecule has 0 heterocycles. The normalized spacial score (nSPS) is 15.4. The molecule has 0 aliphatic heterocycles. The second-order valence-electron chi connectivity index (χ2n) is 5.60. The minimum atomic E-state index is -0.176. The predicted molar refractivity (Wildman–Crippen MR) is 84.6 cm³/mol. The second kappa shape index (κ2) is 7.31. The quantitative estimate of drug-likeness (QED) is 0.785. The monoisotopic (exact) mass is 291 g/mol. The Kier molecular flexibility index (Phi) is 5.44. The molecule has 1 aromatic rings. The molecule has 0 unspecified atom stereocenters. The number of carbonyl (C=O) groups excluding carboxylic acids is 1. The molecule has 5 heteroatoms. The van der Waals surface area contributed by atoms with E-state index in [1.807, 2.05) is 0 Å². The van der Waals surface area contributed by atoms with E-state index in [-0.39, 0.29) is 5.91 Å². The van der Waals surface area contributed by atoms with Crippen molar-refractivity contribution in [3.8, 4) is 5.75 Å². The van der Waals surface area contributed by atoms with E-state index >= 15 is 0 Å². The Morgan fingerprint density at radius 1 is 1.43 bits per heavy atom. The van der Waals surface area contributed by atoms with Gasteiger partial charge in [0.1, 0.15) is 11.3 Å². The lowest BCUT2D eigenvalue weighted by Crippen LogP contribution is -2.37. The van der Waals surface area contributed by atoms with Gasteiger partial charge >= 0.3 is 0 Å². The Hall–Kier alpha value is -1.75. The van der Waals surface area contributed by atoms with Crippen LogP contribution in [0.1, 0.15) is 36.0 Å². The average Bonchev–Trinajstić information content (AvgIpc) is 3.00. The number of carbonyl (C=O) groups is 1. The van der Waals surface area contributed by atoms with Crippen LogP contribution in [0.4, 0.5) is 5.69 Å². The summed E-state index contributed by atoms with van der Waals surface area (Å²) in [6, 6.07) is 5.90. The number of benzene rings is 1. The Labute approximate surface area is 126 Å². The van der Waals surface area contributed by atoms with Gasteiger partial charge < -0.3 is 20.7 Å². The van der Waals surface area contributed by atoms with E-state index in [1.54, 1.807) is 25.3 Å². The van der Waals surface area contributed by atoms with Gasteiger partial charge in [-0.05, 0) is 32.0 Å². The van der Waals surface area contributed by atoms with E-state index in [9.17, 15) is 4.79 Å². The van der Waals surface area contributed by atoms with Gasteiger partial charge in [0.05, 0.1) is 7.11 Å². The molecule has 1 fully saturated rings. The van der Waals surface area contributed by atoms with Crippen LogP contribution in [0.15, 0.2) is 18.2 Å². The van der Waals surface area contributed by atoms with Gasteiger partial charge in [0, 0.05) is 24.8 Å². The van der Waals surface area contributed by atoms with Crippen molar-refractivity contribution in [2.24, 2.45) is 0 Å². The van der Waals surface area contributed by atoms with Crippen molar-refractivity contribution < 1.29 is 9.53 Å². The van der Waals surface area contributed by atoms with Gasteiger partial charge in [-0.25, -0.2) is 0 Å². The maximum absolute atomic E-state index is 12.3. The van der Waals surface area contributed by atoms with Gasteiger partial charge in [-0.3, -0.25) is 4.79 Å². The van der Waals surface area contributed by atoms with Crippen molar-refractivity contribution in [2.45, 2.75) is 31.7 Å². The van der Waals surface area contributed by atoms with E-state index in [0.29, 0.717) is 29.6 Å². The molecular weight excluding hydrogens is 266 g/mol. The Bertz CT molecular complexity index is 484.